The molecule has 10 nitrogen and oxygen atoms in total. The van der Waals surface area contributed by atoms with E-state index in [1.807, 2.05) is 0 Å². The first-order valence-electron chi connectivity index (χ1n) is 5.46. The molecule has 0 unspecified atom stereocenters. The number of nitrogens with zero attached hydrogens (tertiary/aromatic N) is 2. The number of rotatable bonds is 4. The number of ether oxygens (including phenoxy) is 2. The number of fused-ring (bicyclic) bond motifs is 1. The second kappa shape index (κ2) is 9.40. The highest BCUT2D eigenvalue weighted by molar-refractivity contribution is 5.92. The van der Waals surface area contributed by atoms with Crippen LogP contribution in [0.3, 0.4) is 0 Å². The van der Waals surface area contributed by atoms with E-state index in [0.29, 0.717) is 16.9 Å². The number of urea groups is 1. The van der Waals surface area contributed by atoms with Crippen LogP contribution in [-0.2, 0) is 0 Å². The highest BCUT2D eigenvalue weighted by Crippen LogP contribution is 2.33. The third-order valence-electron chi connectivity index (χ3n) is 2.48. The number of nitrogens with one attached hydrogen (secondary N) is 2. The topological polar surface area (TPSA) is 174 Å². The van der Waals surface area contributed by atoms with Gasteiger partial charge in [-0.25, -0.2) is 9.78 Å². The molecule has 0 aliphatic heterocycles. The minimum absolute atomic E-state index is 0. The van der Waals surface area contributed by atoms with Gasteiger partial charge in [-0.2, -0.15) is 9.37 Å². The summed E-state index contributed by atoms with van der Waals surface area (Å²) in [6.45, 7) is 0. The van der Waals surface area contributed by atoms with Crippen molar-refractivity contribution in [2.45, 2.75) is 0 Å². The van der Waals surface area contributed by atoms with E-state index in [1.165, 1.54) is 20.3 Å². The first kappa shape index (κ1) is 22.6. The average Bonchev–Trinajstić information content (AvgIpc) is 2.42. The third kappa shape index (κ3) is 4.95. The van der Waals surface area contributed by atoms with Crippen molar-refractivity contribution in [2.75, 3.05) is 19.6 Å². The minimum atomic E-state index is -0.960. The van der Waals surface area contributed by atoms with Crippen LogP contribution in [0.2, 0.25) is 0 Å². The third-order valence-corrected chi connectivity index (χ3v) is 2.48. The quantitative estimate of drug-likeness (QED) is 0.495. The van der Waals surface area contributed by atoms with Crippen LogP contribution >= 0.6 is 12.4 Å². The van der Waals surface area contributed by atoms with Gasteiger partial charge in [0.1, 0.15) is 0 Å². The molecule has 1 aromatic heterocycles. The molecule has 2 rings (SSSR count). The van der Waals surface area contributed by atoms with Gasteiger partial charge in [-0.1, -0.05) is 0 Å². The second-order valence-electron chi connectivity index (χ2n) is 3.68. The van der Waals surface area contributed by atoms with Crippen molar-refractivity contribution >= 4 is 35.2 Å². The molecule has 2 amide bonds. The Labute approximate surface area is 136 Å². The zero-order valence-corrected chi connectivity index (χ0v) is 13.0. The summed E-state index contributed by atoms with van der Waals surface area (Å²) in [5.41, 5.74) is 9.72. The predicted molar refractivity (Wildman–Crippen MR) is 83.4 cm³/mol. The molecule has 0 saturated carbocycles. The number of nitrogens with two attached hydrogens (primary N) is 1. The number of methoxy groups -OCH3 is 2. The number of halogens is 2. The number of carbonyl (C=O) groups excluding carboxylic acids is 1. The predicted octanol–water partition coefficient (Wildman–Crippen LogP) is -0.446. The lowest BCUT2D eigenvalue weighted by Crippen LogP contribution is -2.34. The molecule has 0 fully saturated rings. The van der Waals surface area contributed by atoms with Gasteiger partial charge in [-0.3, -0.25) is 10.9 Å². The van der Waals surface area contributed by atoms with E-state index in [4.69, 9.17) is 15.2 Å². The lowest BCUT2D eigenvalue weighted by atomic mass is 10.2. The summed E-state index contributed by atoms with van der Waals surface area (Å²) >= 11 is 0. The molecule has 0 saturated heterocycles. The van der Waals surface area contributed by atoms with Gasteiger partial charge in [0.15, 0.2) is 17.3 Å². The van der Waals surface area contributed by atoms with Crippen LogP contribution in [0.15, 0.2) is 12.1 Å². The number of aromatic nitrogens is 2. The molecular weight excluding hydrogens is 337 g/mol. The molecule has 0 aliphatic carbocycles. The van der Waals surface area contributed by atoms with Gasteiger partial charge in [0.25, 0.3) is 0 Å². The molecule has 0 spiro atoms. The van der Waals surface area contributed by atoms with Crippen LogP contribution in [-0.4, -0.2) is 41.2 Å². The van der Waals surface area contributed by atoms with E-state index >= 15 is 0 Å². The Morgan fingerprint density at radius 2 is 1.74 bits per heavy atom. The van der Waals surface area contributed by atoms with Crippen LogP contribution in [0.5, 0.6) is 11.5 Å². The summed E-state index contributed by atoms with van der Waals surface area (Å²) in [5.74, 6) is 0.858. The Morgan fingerprint density at radius 3 is 2.26 bits per heavy atom. The fraction of sp³-hybridized carbons (Fsp3) is 0.182. The Kier molecular flexibility index (Phi) is 9.26. The smallest absolute Gasteiger partial charge is 0.330 e. The molecule has 130 valence electrons. The number of primary amides is 1. The zero-order valence-electron chi connectivity index (χ0n) is 12.1. The Bertz CT molecular complexity index is 675. The Hall–Kier alpha value is -2.63. The zero-order chi connectivity index (χ0) is 14.7. The lowest BCUT2D eigenvalue weighted by Gasteiger charge is -2.12. The van der Waals surface area contributed by atoms with Crippen molar-refractivity contribution in [1.82, 2.24) is 15.4 Å². The molecule has 23 heavy (non-hydrogen) atoms. The molecular formula is C11H17ClFN5O5. The van der Waals surface area contributed by atoms with Crippen molar-refractivity contribution in [1.29, 1.82) is 0 Å². The average molecular weight is 354 g/mol. The summed E-state index contributed by atoms with van der Waals surface area (Å²) in [4.78, 5) is 17.9. The van der Waals surface area contributed by atoms with E-state index in [-0.39, 0.29) is 34.7 Å². The lowest BCUT2D eigenvalue weighted by molar-refractivity contribution is 0.250. The van der Waals surface area contributed by atoms with Crippen LogP contribution in [0.25, 0.3) is 10.9 Å². The standard InChI is InChI=1S/C11H12FN5O3.ClH.2H2O/c1-19-7-3-5-6(4-8(7)20-2)14-10(12)15-9(5)16-17-11(13)18;;;/h3-4H,1-2H3,(H3,13,17,18)(H,14,15,16);1H;2*1H2. The molecule has 0 radical (unpaired) electrons. The molecule has 1 aromatic carbocycles. The maximum Gasteiger partial charge on any atom is 0.330 e. The number of amides is 2. The first-order valence-corrected chi connectivity index (χ1v) is 5.46. The van der Waals surface area contributed by atoms with Crippen LogP contribution in [0, 0.1) is 6.08 Å². The maximum absolute atomic E-state index is 13.4. The van der Waals surface area contributed by atoms with E-state index in [0.717, 1.165) is 0 Å². The summed E-state index contributed by atoms with van der Waals surface area (Å²) in [6, 6.07) is 2.21. The van der Waals surface area contributed by atoms with E-state index in [1.54, 1.807) is 6.07 Å². The van der Waals surface area contributed by atoms with Crippen molar-refractivity contribution in [3.05, 3.63) is 18.2 Å². The Balaban J connectivity index is 0. The van der Waals surface area contributed by atoms with E-state index in [9.17, 15) is 9.18 Å². The van der Waals surface area contributed by atoms with Gasteiger partial charge in [-0.15, -0.1) is 12.4 Å². The van der Waals surface area contributed by atoms with Gasteiger partial charge in [-0.05, 0) is 6.07 Å². The highest BCUT2D eigenvalue weighted by Gasteiger charge is 2.13. The molecule has 1 heterocycles. The van der Waals surface area contributed by atoms with Crippen molar-refractivity contribution in [3.63, 3.8) is 0 Å². The molecule has 8 N–H and O–H groups in total. The minimum Gasteiger partial charge on any atom is -0.493 e. The van der Waals surface area contributed by atoms with Gasteiger partial charge in [0.05, 0.1) is 19.7 Å². The fourth-order valence-corrected chi connectivity index (χ4v) is 1.64. The monoisotopic (exact) mass is 353 g/mol. The maximum atomic E-state index is 13.4. The molecule has 0 bridgehead atoms. The Morgan fingerprint density at radius 1 is 1.17 bits per heavy atom. The van der Waals surface area contributed by atoms with Gasteiger partial charge >= 0.3 is 12.1 Å². The SMILES string of the molecule is COc1cc2nc(F)nc(NNC(N)=O)c2cc1OC.Cl.O.O. The summed E-state index contributed by atoms with van der Waals surface area (Å²) in [6.07, 6.45) is -0.960. The van der Waals surface area contributed by atoms with Crippen LogP contribution in [0.1, 0.15) is 0 Å². The number of benzene rings is 1. The first-order chi connectivity index (χ1) is 9.55. The summed E-state index contributed by atoms with van der Waals surface area (Å²) in [5, 5.41) is 0.429. The largest absolute Gasteiger partial charge is 0.493 e. The number of hydrogen-bond donors (Lipinski definition) is 3. The van der Waals surface area contributed by atoms with Gasteiger partial charge in [0.2, 0.25) is 0 Å². The highest BCUT2D eigenvalue weighted by atomic mass is 35.5. The number of anilines is 1. The molecule has 0 aliphatic rings. The molecule has 0 atom stereocenters. The number of carbonyl (C=O) groups is 1. The second-order valence-corrected chi connectivity index (χ2v) is 3.68. The van der Waals surface area contributed by atoms with Crippen molar-refractivity contribution < 1.29 is 29.6 Å². The van der Waals surface area contributed by atoms with Crippen molar-refractivity contribution in [2.24, 2.45) is 5.73 Å². The molecule has 12 heteroatoms. The number of hydrogen-bond acceptors (Lipinski definition) is 6. The van der Waals surface area contributed by atoms with E-state index in [2.05, 4.69) is 20.8 Å². The molecule has 2 aromatic rings. The number of hydrazine groups is 1. The normalized spacial score (nSPS) is 8.83. The fourth-order valence-electron chi connectivity index (χ4n) is 1.64. The van der Waals surface area contributed by atoms with Crippen molar-refractivity contribution in [3.8, 4) is 11.5 Å². The van der Waals surface area contributed by atoms with Gasteiger partial charge < -0.3 is 26.2 Å². The summed E-state index contributed by atoms with van der Waals surface area (Å²) < 4.78 is 23.6. The van der Waals surface area contributed by atoms with E-state index < -0.39 is 12.1 Å². The summed E-state index contributed by atoms with van der Waals surface area (Å²) in [7, 11) is 2.91. The van der Waals surface area contributed by atoms with Crippen LogP contribution < -0.4 is 26.1 Å². The van der Waals surface area contributed by atoms with Crippen LogP contribution in [0.4, 0.5) is 15.0 Å². The van der Waals surface area contributed by atoms with Gasteiger partial charge in [0, 0.05) is 11.5 Å².